The summed E-state index contributed by atoms with van der Waals surface area (Å²) < 4.78 is 30.3. The highest BCUT2D eigenvalue weighted by molar-refractivity contribution is 7.92. The largest absolute Gasteiger partial charge is 0.495 e. The molecule has 1 heterocycles. The molecule has 0 saturated heterocycles. The number of ether oxygens (including phenoxy) is 1. The second-order valence-corrected chi connectivity index (χ2v) is 8.05. The van der Waals surface area contributed by atoms with E-state index in [1.165, 1.54) is 18.1 Å². The van der Waals surface area contributed by atoms with Gasteiger partial charge < -0.3 is 10.1 Å². The number of carbonyl (C=O) groups is 1. The number of hydrogen-bond acceptors (Lipinski definition) is 5. The highest BCUT2D eigenvalue weighted by atomic mass is 32.2. The van der Waals surface area contributed by atoms with Gasteiger partial charge in [0.15, 0.2) is 0 Å². The van der Waals surface area contributed by atoms with Crippen molar-refractivity contribution in [2.45, 2.75) is 19.3 Å². The zero-order chi connectivity index (χ0) is 17.6. The van der Waals surface area contributed by atoms with Crippen molar-refractivity contribution in [3.05, 3.63) is 40.6 Å². The average Bonchev–Trinajstić information content (AvgIpc) is 2.99. The van der Waals surface area contributed by atoms with E-state index in [4.69, 9.17) is 4.74 Å². The highest BCUT2D eigenvalue weighted by Gasteiger charge is 2.11. The molecule has 1 aromatic heterocycles. The first kappa shape index (κ1) is 18.3. The minimum Gasteiger partial charge on any atom is -0.495 e. The molecule has 0 saturated carbocycles. The third kappa shape index (κ3) is 5.86. The van der Waals surface area contributed by atoms with Gasteiger partial charge in [0.05, 0.1) is 19.1 Å². The van der Waals surface area contributed by atoms with Crippen LogP contribution in [0.4, 0.5) is 11.4 Å². The molecule has 0 radical (unpaired) electrons. The Balaban J connectivity index is 1.95. The van der Waals surface area contributed by atoms with Crippen LogP contribution < -0.4 is 14.8 Å². The molecule has 2 aromatic rings. The minimum atomic E-state index is -3.44. The third-order valence-electron chi connectivity index (χ3n) is 3.19. The molecule has 0 unspecified atom stereocenters. The van der Waals surface area contributed by atoms with Gasteiger partial charge in [-0.15, -0.1) is 11.3 Å². The Hall–Kier alpha value is -2.06. The molecule has 2 rings (SSSR count). The molecule has 0 bridgehead atoms. The number of carbonyl (C=O) groups excluding carboxylic acids is 1. The summed E-state index contributed by atoms with van der Waals surface area (Å²) in [5, 5.41) is 4.79. The van der Waals surface area contributed by atoms with Crippen LogP contribution in [0.1, 0.15) is 17.7 Å². The van der Waals surface area contributed by atoms with Crippen molar-refractivity contribution in [1.29, 1.82) is 0 Å². The Bertz CT molecular complexity index is 786. The van der Waals surface area contributed by atoms with Crippen molar-refractivity contribution in [1.82, 2.24) is 0 Å². The summed E-state index contributed by atoms with van der Waals surface area (Å²) >= 11 is 1.68. The Labute approximate surface area is 145 Å². The molecule has 0 spiro atoms. The SMILES string of the molecule is COc1ccc(NC(=O)CCCc2cccs2)cc1NS(C)(=O)=O. The summed E-state index contributed by atoms with van der Waals surface area (Å²) in [6, 6.07) is 8.86. The normalized spacial score (nSPS) is 11.1. The van der Waals surface area contributed by atoms with Gasteiger partial charge >= 0.3 is 0 Å². The van der Waals surface area contributed by atoms with Crippen molar-refractivity contribution < 1.29 is 17.9 Å². The first-order chi connectivity index (χ1) is 11.4. The molecule has 130 valence electrons. The maximum Gasteiger partial charge on any atom is 0.229 e. The smallest absolute Gasteiger partial charge is 0.229 e. The molecule has 0 aliphatic carbocycles. The van der Waals surface area contributed by atoms with Gasteiger partial charge in [-0.25, -0.2) is 8.42 Å². The fraction of sp³-hybridized carbons (Fsp3) is 0.312. The van der Waals surface area contributed by atoms with Crippen LogP contribution in [-0.4, -0.2) is 27.7 Å². The highest BCUT2D eigenvalue weighted by Crippen LogP contribution is 2.28. The first-order valence-corrected chi connectivity index (χ1v) is 10.1. The van der Waals surface area contributed by atoms with E-state index in [0.29, 0.717) is 17.9 Å². The van der Waals surface area contributed by atoms with E-state index in [9.17, 15) is 13.2 Å². The van der Waals surface area contributed by atoms with Gasteiger partial charge in [-0.05, 0) is 42.5 Å². The van der Waals surface area contributed by atoms with Crippen LogP contribution in [0.25, 0.3) is 0 Å². The van der Waals surface area contributed by atoms with E-state index in [1.54, 1.807) is 23.5 Å². The molecule has 0 fully saturated rings. The lowest BCUT2D eigenvalue weighted by Gasteiger charge is -2.12. The zero-order valence-corrected chi connectivity index (χ0v) is 15.2. The second-order valence-electron chi connectivity index (χ2n) is 5.27. The molecule has 6 nitrogen and oxygen atoms in total. The lowest BCUT2D eigenvalue weighted by Crippen LogP contribution is -2.13. The molecular formula is C16H20N2O4S2. The van der Waals surface area contributed by atoms with Crippen LogP contribution in [0, 0.1) is 0 Å². The topological polar surface area (TPSA) is 84.5 Å². The minimum absolute atomic E-state index is 0.109. The van der Waals surface area contributed by atoms with Gasteiger partial charge in [-0.2, -0.15) is 0 Å². The van der Waals surface area contributed by atoms with Crippen molar-refractivity contribution >= 4 is 38.6 Å². The molecule has 0 atom stereocenters. The summed E-state index contributed by atoms with van der Waals surface area (Å²) in [4.78, 5) is 13.3. The summed E-state index contributed by atoms with van der Waals surface area (Å²) in [7, 11) is -1.99. The van der Waals surface area contributed by atoms with E-state index in [2.05, 4.69) is 16.1 Å². The molecule has 1 amide bonds. The van der Waals surface area contributed by atoms with Gasteiger partial charge in [0, 0.05) is 17.0 Å². The zero-order valence-electron chi connectivity index (χ0n) is 13.5. The van der Waals surface area contributed by atoms with E-state index < -0.39 is 10.0 Å². The lowest BCUT2D eigenvalue weighted by molar-refractivity contribution is -0.116. The number of hydrogen-bond donors (Lipinski definition) is 2. The molecule has 2 N–H and O–H groups in total. The fourth-order valence-corrected chi connectivity index (χ4v) is 3.48. The number of amides is 1. The van der Waals surface area contributed by atoms with Crippen molar-refractivity contribution in [2.75, 3.05) is 23.4 Å². The van der Waals surface area contributed by atoms with Crippen LogP contribution in [0.5, 0.6) is 5.75 Å². The number of anilines is 2. The van der Waals surface area contributed by atoms with Gasteiger partial charge in [0.1, 0.15) is 5.75 Å². The van der Waals surface area contributed by atoms with Gasteiger partial charge in [-0.3, -0.25) is 9.52 Å². The van der Waals surface area contributed by atoms with Gasteiger partial charge in [0.25, 0.3) is 0 Å². The monoisotopic (exact) mass is 368 g/mol. The number of methoxy groups -OCH3 is 1. The third-order valence-corrected chi connectivity index (χ3v) is 4.71. The summed E-state index contributed by atoms with van der Waals surface area (Å²) in [6.07, 6.45) is 3.09. The Morgan fingerprint density at radius 3 is 2.71 bits per heavy atom. The molecule has 0 aliphatic heterocycles. The van der Waals surface area contributed by atoms with Crippen molar-refractivity contribution in [2.24, 2.45) is 0 Å². The predicted octanol–water partition coefficient (Wildman–Crippen LogP) is 3.09. The summed E-state index contributed by atoms with van der Waals surface area (Å²) in [6.45, 7) is 0. The quantitative estimate of drug-likeness (QED) is 0.750. The fourth-order valence-electron chi connectivity index (χ4n) is 2.17. The van der Waals surface area contributed by atoms with Crippen LogP contribution >= 0.6 is 11.3 Å². The van der Waals surface area contributed by atoms with E-state index >= 15 is 0 Å². The van der Waals surface area contributed by atoms with Crippen molar-refractivity contribution in [3.63, 3.8) is 0 Å². The Kier molecular flexibility index (Phi) is 6.22. The van der Waals surface area contributed by atoms with Gasteiger partial charge in [-0.1, -0.05) is 6.07 Å². The molecule has 1 aromatic carbocycles. The van der Waals surface area contributed by atoms with Crippen LogP contribution in [0.2, 0.25) is 0 Å². The maximum absolute atomic E-state index is 12.0. The standard InChI is InChI=1S/C16H20N2O4S2/c1-22-15-9-8-12(11-14(15)18-24(2,20)21)17-16(19)7-3-5-13-6-4-10-23-13/h4,6,8-11,18H,3,5,7H2,1-2H3,(H,17,19). The lowest BCUT2D eigenvalue weighted by atomic mass is 10.2. The number of sulfonamides is 1. The Morgan fingerprint density at radius 2 is 2.08 bits per heavy atom. The Morgan fingerprint density at radius 1 is 1.29 bits per heavy atom. The van der Waals surface area contributed by atoms with Crippen LogP contribution in [0.15, 0.2) is 35.7 Å². The van der Waals surface area contributed by atoms with Gasteiger partial charge in [0.2, 0.25) is 15.9 Å². The summed E-state index contributed by atoms with van der Waals surface area (Å²) in [5.74, 6) is 0.276. The number of rotatable bonds is 8. The number of aryl methyl sites for hydroxylation is 1. The van der Waals surface area contributed by atoms with Crippen LogP contribution in [-0.2, 0) is 21.2 Å². The predicted molar refractivity (Wildman–Crippen MR) is 97.3 cm³/mol. The number of nitrogens with one attached hydrogen (secondary N) is 2. The molecule has 24 heavy (non-hydrogen) atoms. The molecule has 0 aliphatic rings. The molecular weight excluding hydrogens is 348 g/mol. The van der Waals surface area contributed by atoms with E-state index in [-0.39, 0.29) is 11.6 Å². The van der Waals surface area contributed by atoms with Crippen molar-refractivity contribution in [3.8, 4) is 5.75 Å². The maximum atomic E-state index is 12.0. The second kappa shape index (κ2) is 8.16. The molecule has 8 heteroatoms. The number of thiophene rings is 1. The average molecular weight is 368 g/mol. The summed E-state index contributed by atoms with van der Waals surface area (Å²) in [5.41, 5.74) is 0.805. The van der Waals surface area contributed by atoms with E-state index in [0.717, 1.165) is 19.1 Å². The first-order valence-electron chi connectivity index (χ1n) is 7.35. The van der Waals surface area contributed by atoms with Crippen LogP contribution in [0.3, 0.4) is 0 Å². The van der Waals surface area contributed by atoms with E-state index in [1.807, 2.05) is 11.4 Å². The number of benzene rings is 1.